The van der Waals surface area contributed by atoms with Crippen molar-refractivity contribution >= 4 is 28.6 Å². The fourth-order valence-electron chi connectivity index (χ4n) is 3.34. The zero-order valence-corrected chi connectivity index (χ0v) is 17.8. The first-order chi connectivity index (χ1) is 16.0. The van der Waals surface area contributed by atoms with Crippen LogP contribution < -0.4 is 14.9 Å². The zero-order valence-electron chi connectivity index (χ0n) is 17.8. The largest absolute Gasteiger partial charge is 0.496 e. The summed E-state index contributed by atoms with van der Waals surface area (Å²) in [4.78, 5) is 23.1. The van der Waals surface area contributed by atoms with Crippen molar-refractivity contribution in [2.75, 3.05) is 14.2 Å². The number of fused-ring (bicyclic) bond motifs is 1. The second-order valence-corrected chi connectivity index (χ2v) is 6.94. The highest BCUT2D eigenvalue weighted by atomic mass is 16.6. The van der Waals surface area contributed by atoms with Crippen molar-refractivity contribution in [2.45, 2.75) is 0 Å². The summed E-state index contributed by atoms with van der Waals surface area (Å²) < 4.78 is 16.3. The molecule has 0 atom stereocenters. The molecule has 0 radical (unpaired) electrons. The summed E-state index contributed by atoms with van der Waals surface area (Å²) in [5, 5.41) is 16.8. The van der Waals surface area contributed by atoms with E-state index in [-0.39, 0.29) is 5.69 Å². The highest BCUT2D eigenvalue weighted by Crippen LogP contribution is 2.34. The molecule has 33 heavy (non-hydrogen) atoms. The Bertz CT molecular complexity index is 1380. The average molecular weight is 445 g/mol. The summed E-state index contributed by atoms with van der Waals surface area (Å²) in [5.41, 5.74) is 3.28. The smallest absolute Gasteiger partial charge is 0.275 e. The lowest BCUT2D eigenvalue weighted by Crippen LogP contribution is -2.18. The van der Waals surface area contributed by atoms with Crippen LogP contribution in [0.1, 0.15) is 16.1 Å². The van der Waals surface area contributed by atoms with Crippen molar-refractivity contribution in [3.63, 3.8) is 0 Å². The lowest BCUT2D eigenvalue weighted by atomic mass is 10.1. The van der Waals surface area contributed by atoms with Gasteiger partial charge in [-0.05, 0) is 41.1 Å². The number of nitro benzene ring substituents is 1. The van der Waals surface area contributed by atoms with Crippen LogP contribution >= 0.6 is 0 Å². The van der Waals surface area contributed by atoms with Crippen LogP contribution in [0.2, 0.25) is 0 Å². The molecule has 1 N–H and O–H groups in total. The van der Waals surface area contributed by atoms with Crippen molar-refractivity contribution < 1.29 is 23.6 Å². The Morgan fingerprint density at radius 1 is 1.00 bits per heavy atom. The van der Waals surface area contributed by atoms with E-state index in [1.807, 2.05) is 24.3 Å². The number of nitro groups is 1. The number of hydrazone groups is 1. The summed E-state index contributed by atoms with van der Waals surface area (Å²) in [6, 6.07) is 18.8. The first kappa shape index (κ1) is 21.6. The van der Waals surface area contributed by atoms with Crippen molar-refractivity contribution in [1.82, 2.24) is 5.43 Å². The van der Waals surface area contributed by atoms with Gasteiger partial charge in [0.05, 0.1) is 42.6 Å². The molecule has 0 bridgehead atoms. The van der Waals surface area contributed by atoms with Gasteiger partial charge >= 0.3 is 0 Å². The van der Waals surface area contributed by atoms with Crippen molar-refractivity contribution in [2.24, 2.45) is 5.10 Å². The Morgan fingerprint density at radius 3 is 2.42 bits per heavy atom. The van der Waals surface area contributed by atoms with Gasteiger partial charge in [-0.2, -0.15) is 5.10 Å². The van der Waals surface area contributed by atoms with Crippen LogP contribution in [-0.2, 0) is 0 Å². The van der Waals surface area contributed by atoms with Crippen molar-refractivity contribution in [1.29, 1.82) is 0 Å². The van der Waals surface area contributed by atoms with Gasteiger partial charge in [-0.25, -0.2) is 5.43 Å². The number of benzene rings is 3. The van der Waals surface area contributed by atoms with Crippen LogP contribution in [-0.4, -0.2) is 31.3 Å². The molecule has 9 heteroatoms. The molecule has 0 aliphatic rings. The third-order valence-electron chi connectivity index (χ3n) is 4.96. The minimum Gasteiger partial charge on any atom is -0.496 e. The maximum atomic E-state index is 12.6. The van der Waals surface area contributed by atoms with Crippen LogP contribution in [0.3, 0.4) is 0 Å². The van der Waals surface area contributed by atoms with E-state index in [2.05, 4.69) is 10.5 Å². The van der Waals surface area contributed by atoms with Gasteiger partial charge in [0.15, 0.2) is 0 Å². The van der Waals surface area contributed by atoms with Crippen LogP contribution in [0.15, 0.2) is 76.2 Å². The number of methoxy groups -OCH3 is 2. The quantitative estimate of drug-likeness (QED) is 0.248. The summed E-state index contributed by atoms with van der Waals surface area (Å²) in [6.07, 6.45) is 1.35. The molecule has 0 aliphatic carbocycles. The number of furan rings is 1. The highest BCUT2D eigenvalue weighted by Gasteiger charge is 2.16. The minimum atomic E-state index is -0.500. The third kappa shape index (κ3) is 4.52. The Labute approximate surface area is 188 Å². The molecule has 0 unspecified atom stereocenters. The van der Waals surface area contributed by atoms with Gasteiger partial charge in [0.25, 0.3) is 11.6 Å². The number of rotatable bonds is 7. The number of hydrogen-bond donors (Lipinski definition) is 1. The molecule has 1 aromatic heterocycles. The minimum absolute atomic E-state index is 0.0872. The molecule has 0 saturated heterocycles. The van der Waals surface area contributed by atoms with Gasteiger partial charge in [0.1, 0.15) is 23.0 Å². The molecular formula is C24H19N3O6. The second-order valence-electron chi connectivity index (χ2n) is 6.94. The Morgan fingerprint density at radius 2 is 1.73 bits per heavy atom. The highest BCUT2D eigenvalue weighted by molar-refractivity contribution is 6.01. The van der Waals surface area contributed by atoms with Crippen LogP contribution in [0.4, 0.5) is 5.69 Å². The van der Waals surface area contributed by atoms with Gasteiger partial charge in [-0.15, -0.1) is 0 Å². The van der Waals surface area contributed by atoms with E-state index in [1.165, 1.54) is 32.6 Å². The normalized spacial score (nSPS) is 11.0. The number of carbonyl (C=O) groups is 1. The average Bonchev–Trinajstić information content (AvgIpc) is 3.31. The fraction of sp³-hybridized carbons (Fsp3) is 0.0833. The zero-order chi connectivity index (χ0) is 23.4. The van der Waals surface area contributed by atoms with Gasteiger partial charge in [0.2, 0.25) is 0 Å². The lowest BCUT2D eigenvalue weighted by Gasteiger charge is -2.09. The summed E-state index contributed by atoms with van der Waals surface area (Å²) in [6.45, 7) is 0. The van der Waals surface area contributed by atoms with Crippen LogP contribution in [0, 0.1) is 10.1 Å². The Hall–Kier alpha value is -4.66. The molecule has 9 nitrogen and oxygen atoms in total. The molecule has 1 heterocycles. The van der Waals surface area contributed by atoms with Gasteiger partial charge < -0.3 is 13.9 Å². The number of hydrogen-bond acceptors (Lipinski definition) is 7. The van der Waals surface area contributed by atoms with Gasteiger partial charge in [-0.1, -0.05) is 24.3 Å². The van der Waals surface area contributed by atoms with Crippen LogP contribution in [0.5, 0.6) is 11.5 Å². The second kappa shape index (κ2) is 9.23. The first-order valence-corrected chi connectivity index (χ1v) is 9.83. The fourth-order valence-corrected chi connectivity index (χ4v) is 3.34. The van der Waals surface area contributed by atoms with E-state index in [0.717, 1.165) is 10.8 Å². The maximum Gasteiger partial charge on any atom is 0.275 e. The molecule has 3 aromatic carbocycles. The number of nitrogens with zero attached hydrogens (tertiary/aromatic N) is 2. The number of carbonyl (C=O) groups excluding carboxylic acids is 1. The molecule has 0 aliphatic heterocycles. The van der Waals surface area contributed by atoms with Crippen molar-refractivity contribution in [3.8, 4) is 22.8 Å². The number of amides is 1. The van der Waals surface area contributed by atoms with Gasteiger partial charge in [-0.3, -0.25) is 14.9 Å². The molecule has 166 valence electrons. The number of non-ortho nitro benzene ring substituents is 1. The molecule has 4 rings (SSSR count). The SMILES string of the molecule is COc1cc2ccccc2cc1C(=O)NN=Cc1ccc(-c2ccc([N+](=O)[O-])cc2OC)o1. The standard InChI is InChI=1S/C24H19N3O6/c1-31-22-12-16-6-4-3-5-15(16)11-20(22)24(28)26-25-14-18-8-10-21(33-18)19-9-7-17(27(29)30)13-23(19)32-2/h3-14H,1-2H3,(H,26,28). The molecule has 1 amide bonds. The predicted octanol–water partition coefficient (Wildman–Crippen LogP) is 4.79. The Balaban J connectivity index is 1.51. The van der Waals surface area contributed by atoms with E-state index in [1.54, 1.807) is 30.3 Å². The number of nitrogens with one attached hydrogen (secondary N) is 1. The molecule has 4 aromatic rings. The van der Waals surface area contributed by atoms with E-state index in [9.17, 15) is 14.9 Å². The molecule has 0 spiro atoms. The van der Waals surface area contributed by atoms with Gasteiger partial charge in [0, 0.05) is 6.07 Å². The third-order valence-corrected chi connectivity index (χ3v) is 4.96. The monoisotopic (exact) mass is 445 g/mol. The molecular weight excluding hydrogens is 426 g/mol. The molecule has 0 fully saturated rings. The first-order valence-electron chi connectivity index (χ1n) is 9.83. The van der Waals surface area contributed by atoms with Crippen molar-refractivity contribution in [3.05, 3.63) is 88.2 Å². The van der Waals surface area contributed by atoms with E-state index >= 15 is 0 Å². The summed E-state index contributed by atoms with van der Waals surface area (Å²) in [7, 11) is 2.92. The summed E-state index contributed by atoms with van der Waals surface area (Å²) in [5.74, 6) is 1.12. The van der Waals surface area contributed by atoms with E-state index < -0.39 is 10.8 Å². The van der Waals surface area contributed by atoms with E-state index in [4.69, 9.17) is 13.9 Å². The lowest BCUT2D eigenvalue weighted by molar-refractivity contribution is -0.384. The molecule has 0 saturated carbocycles. The Kier molecular flexibility index (Phi) is 6.03. The summed E-state index contributed by atoms with van der Waals surface area (Å²) >= 11 is 0. The predicted molar refractivity (Wildman–Crippen MR) is 123 cm³/mol. The number of ether oxygens (including phenoxy) is 2. The topological polar surface area (TPSA) is 116 Å². The maximum absolute atomic E-state index is 12.6. The van der Waals surface area contributed by atoms with Crippen LogP contribution in [0.25, 0.3) is 22.1 Å². The van der Waals surface area contributed by atoms with E-state index in [0.29, 0.717) is 34.1 Å².